The van der Waals surface area contributed by atoms with E-state index in [0.29, 0.717) is 12.1 Å². The number of aliphatic hydroxyl groups excluding tert-OH is 1. The maximum absolute atomic E-state index is 9.49. The zero-order valence-electron chi connectivity index (χ0n) is 10.8. The topological polar surface area (TPSA) is 32.3 Å². The summed E-state index contributed by atoms with van der Waals surface area (Å²) in [7, 11) is 0. The Labute approximate surface area is 104 Å². The van der Waals surface area contributed by atoms with Gasteiger partial charge in [-0.25, -0.2) is 0 Å². The molecule has 0 bridgehead atoms. The van der Waals surface area contributed by atoms with Gasteiger partial charge in [0.25, 0.3) is 0 Å². The highest BCUT2D eigenvalue weighted by Gasteiger charge is 2.20. The van der Waals surface area contributed by atoms with Crippen LogP contribution in [0.4, 0.5) is 0 Å². The van der Waals surface area contributed by atoms with Crippen LogP contribution in [0.3, 0.4) is 0 Å². The van der Waals surface area contributed by atoms with Crippen LogP contribution in [0.25, 0.3) is 0 Å². The van der Waals surface area contributed by atoms with Crippen LogP contribution in [-0.2, 0) is 0 Å². The number of aliphatic hydroxyl groups is 1. The molecule has 2 heteroatoms. The number of benzene rings is 1. The van der Waals surface area contributed by atoms with Gasteiger partial charge >= 0.3 is 0 Å². The molecule has 1 atom stereocenters. The average Bonchev–Trinajstić information content (AvgIpc) is 2.32. The molecular weight excluding hydrogens is 210 g/mol. The lowest BCUT2D eigenvalue weighted by molar-refractivity contribution is 0.114. The molecule has 1 aliphatic carbocycles. The minimum Gasteiger partial charge on any atom is -0.393 e. The summed E-state index contributed by atoms with van der Waals surface area (Å²) in [6.07, 6.45) is 4.01. The van der Waals surface area contributed by atoms with Crippen molar-refractivity contribution in [2.75, 3.05) is 0 Å². The molecule has 94 valence electrons. The standard InChI is InChI=1S/C15H23NO/c1-11-4-3-5-13(10-11)12(2)16-14-6-8-15(17)9-7-14/h3-5,10,12,14-17H,6-9H2,1-2H3. The summed E-state index contributed by atoms with van der Waals surface area (Å²) in [6.45, 7) is 4.35. The molecule has 0 aliphatic heterocycles. The number of hydrogen-bond acceptors (Lipinski definition) is 2. The van der Waals surface area contributed by atoms with Crippen LogP contribution in [0.15, 0.2) is 24.3 Å². The molecule has 0 amide bonds. The van der Waals surface area contributed by atoms with Crippen LogP contribution in [-0.4, -0.2) is 17.3 Å². The van der Waals surface area contributed by atoms with Gasteiger partial charge in [0.2, 0.25) is 0 Å². The Morgan fingerprint density at radius 2 is 1.94 bits per heavy atom. The Balaban J connectivity index is 1.90. The van der Waals surface area contributed by atoms with Crippen LogP contribution < -0.4 is 5.32 Å². The van der Waals surface area contributed by atoms with E-state index >= 15 is 0 Å². The zero-order valence-corrected chi connectivity index (χ0v) is 10.8. The normalized spacial score (nSPS) is 26.8. The van der Waals surface area contributed by atoms with Crippen LogP contribution >= 0.6 is 0 Å². The molecule has 0 spiro atoms. The van der Waals surface area contributed by atoms with Crippen molar-refractivity contribution in [1.29, 1.82) is 0 Å². The fourth-order valence-electron chi connectivity index (χ4n) is 2.63. The quantitative estimate of drug-likeness (QED) is 0.841. The van der Waals surface area contributed by atoms with Crippen LogP contribution in [0.2, 0.25) is 0 Å². The largest absolute Gasteiger partial charge is 0.393 e. The molecule has 1 unspecified atom stereocenters. The predicted octanol–water partition coefficient (Wildman–Crippen LogP) is 2.95. The second-order valence-corrected chi connectivity index (χ2v) is 5.31. The number of hydrogen-bond donors (Lipinski definition) is 2. The van der Waals surface area contributed by atoms with Gasteiger partial charge in [0, 0.05) is 12.1 Å². The van der Waals surface area contributed by atoms with Gasteiger partial charge in [0.1, 0.15) is 0 Å². The second-order valence-electron chi connectivity index (χ2n) is 5.31. The molecule has 0 heterocycles. The second kappa shape index (κ2) is 5.65. The lowest BCUT2D eigenvalue weighted by Gasteiger charge is -2.29. The van der Waals surface area contributed by atoms with Crippen molar-refractivity contribution in [3.63, 3.8) is 0 Å². The van der Waals surface area contributed by atoms with E-state index in [0.717, 1.165) is 25.7 Å². The molecule has 0 aromatic heterocycles. The third kappa shape index (κ3) is 3.55. The van der Waals surface area contributed by atoms with Crippen molar-refractivity contribution in [3.8, 4) is 0 Å². The molecule has 1 aromatic carbocycles. The minimum absolute atomic E-state index is 0.0673. The van der Waals surface area contributed by atoms with E-state index in [4.69, 9.17) is 0 Å². The molecule has 17 heavy (non-hydrogen) atoms. The molecule has 2 rings (SSSR count). The van der Waals surface area contributed by atoms with Gasteiger partial charge < -0.3 is 10.4 Å². The maximum Gasteiger partial charge on any atom is 0.0541 e. The van der Waals surface area contributed by atoms with Crippen molar-refractivity contribution in [3.05, 3.63) is 35.4 Å². The summed E-state index contributed by atoms with van der Waals surface area (Å²) in [4.78, 5) is 0. The first-order chi connectivity index (χ1) is 8.15. The smallest absolute Gasteiger partial charge is 0.0541 e. The molecule has 1 fully saturated rings. The summed E-state index contributed by atoms with van der Waals surface area (Å²) in [5.41, 5.74) is 2.67. The number of aryl methyl sites for hydroxylation is 1. The van der Waals surface area contributed by atoms with Crippen LogP contribution in [0, 0.1) is 6.92 Å². The van der Waals surface area contributed by atoms with Gasteiger partial charge in [0.15, 0.2) is 0 Å². The fraction of sp³-hybridized carbons (Fsp3) is 0.600. The van der Waals surface area contributed by atoms with E-state index in [9.17, 15) is 5.11 Å². The van der Waals surface area contributed by atoms with Crippen LogP contribution in [0.1, 0.15) is 49.8 Å². The molecule has 2 nitrogen and oxygen atoms in total. The molecular formula is C15H23NO. The fourth-order valence-corrected chi connectivity index (χ4v) is 2.63. The van der Waals surface area contributed by atoms with Crippen molar-refractivity contribution >= 4 is 0 Å². The Bertz CT molecular complexity index is 356. The third-order valence-electron chi connectivity index (χ3n) is 3.72. The first kappa shape index (κ1) is 12.6. The van der Waals surface area contributed by atoms with Gasteiger partial charge in [-0.1, -0.05) is 29.8 Å². The maximum atomic E-state index is 9.49. The summed E-state index contributed by atoms with van der Waals surface area (Å²) in [5.74, 6) is 0. The van der Waals surface area contributed by atoms with Gasteiger partial charge in [-0.2, -0.15) is 0 Å². The van der Waals surface area contributed by atoms with Crippen molar-refractivity contribution in [1.82, 2.24) is 5.32 Å². The molecule has 2 N–H and O–H groups in total. The Kier molecular flexibility index (Phi) is 4.19. The predicted molar refractivity (Wildman–Crippen MR) is 71.0 cm³/mol. The lowest BCUT2D eigenvalue weighted by Crippen LogP contribution is -2.36. The van der Waals surface area contributed by atoms with Gasteiger partial charge in [-0.15, -0.1) is 0 Å². The molecule has 0 radical (unpaired) electrons. The van der Waals surface area contributed by atoms with Crippen molar-refractivity contribution in [2.24, 2.45) is 0 Å². The molecule has 1 aliphatic rings. The summed E-state index contributed by atoms with van der Waals surface area (Å²) in [6, 6.07) is 9.64. The van der Waals surface area contributed by atoms with Gasteiger partial charge in [-0.3, -0.25) is 0 Å². The van der Waals surface area contributed by atoms with Crippen LogP contribution in [0.5, 0.6) is 0 Å². The van der Waals surface area contributed by atoms with E-state index < -0.39 is 0 Å². The molecule has 1 saturated carbocycles. The Morgan fingerprint density at radius 3 is 2.59 bits per heavy atom. The summed E-state index contributed by atoms with van der Waals surface area (Å²) in [5, 5.41) is 13.2. The van der Waals surface area contributed by atoms with E-state index in [-0.39, 0.29) is 6.10 Å². The van der Waals surface area contributed by atoms with Crippen molar-refractivity contribution < 1.29 is 5.11 Å². The first-order valence-electron chi connectivity index (χ1n) is 6.66. The molecule has 1 aromatic rings. The van der Waals surface area contributed by atoms with Gasteiger partial charge in [-0.05, 0) is 45.1 Å². The van der Waals surface area contributed by atoms with E-state index in [1.54, 1.807) is 0 Å². The summed E-state index contributed by atoms with van der Waals surface area (Å²) < 4.78 is 0. The van der Waals surface area contributed by atoms with E-state index in [1.165, 1.54) is 11.1 Å². The van der Waals surface area contributed by atoms with Crippen molar-refractivity contribution in [2.45, 2.75) is 57.7 Å². The highest BCUT2D eigenvalue weighted by atomic mass is 16.3. The number of rotatable bonds is 3. The Hall–Kier alpha value is -0.860. The zero-order chi connectivity index (χ0) is 12.3. The third-order valence-corrected chi connectivity index (χ3v) is 3.72. The minimum atomic E-state index is -0.0673. The monoisotopic (exact) mass is 233 g/mol. The average molecular weight is 233 g/mol. The SMILES string of the molecule is Cc1cccc(C(C)NC2CCC(O)CC2)c1. The lowest BCUT2D eigenvalue weighted by atomic mass is 9.92. The number of nitrogens with one attached hydrogen (secondary N) is 1. The first-order valence-corrected chi connectivity index (χ1v) is 6.66. The van der Waals surface area contributed by atoms with Gasteiger partial charge in [0.05, 0.1) is 6.10 Å². The van der Waals surface area contributed by atoms with E-state index in [1.807, 2.05) is 0 Å². The Morgan fingerprint density at radius 1 is 1.24 bits per heavy atom. The highest BCUT2D eigenvalue weighted by molar-refractivity contribution is 5.24. The van der Waals surface area contributed by atoms with E-state index in [2.05, 4.69) is 43.4 Å². The molecule has 0 saturated heterocycles. The highest BCUT2D eigenvalue weighted by Crippen LogP contribution is 2.22. The summed E-state index contributed by atoms with van der Waals surface area (Å²) >= 11 is 0.